The number of carboxylic acid groups (broad SMARTS) is 1. The van der Waals surface area contributed by atoms with Crippen LogP contribution in [-0.2, 0) is 11.3 Å². The molecule has 94 valence electrons. The SMILES string of the molecule is CCCn1cncc1C=C(C(=O)O)c1cccs1. The van der Waals surface area contributed by atoms with E-state index in [-0.39, 0.29) is 0 Å². The van der Waals surface area contributed by atoms with Crippen LogP contribution in [0.2, 0.25) is 0 Å². The van der Waals surface area contributed by atoms with Crippen molar-refractivity contribution in [3.05, 3.63) is 40.6 Å². The van der Waals surface area contributed by atoms with Crippen LogP contribution >= 0.6 is 11.3 Å². The summed E-state index contributed by atoms with van der Waals surface area (Å²) in [6.07, 6.45) is 6.07. The first-order valence-electron chi connectivity index (χ1n) is 5.71. The zero-order chi connectivity index (χ0) is 13.0. The summed E-state index contributed by atoms with van der Waals surface area (Å²) in [5.41, 5.74) is 1.13. The average molecular weight is 262 g/mol. The van der Waals surface area contributed by atoms with Crippen LogP contribution in [0.3, 0.4) is 0 Å². The Morgan fingerprint density at radius 3 is 3.06 bits per heavy atom. The number of rotatable bonds is 5. The summed E-state index contributed by atoms with van der Waals surface area (Å²) in [5, 5.41) is 11.1. The van der Waals surface area contributed by atoms with Crippen LogP contribution < -0.4 is 0 Å². The van der Waals surface area contributed by atoms with Gasteiger partial charge in [-0.05, 0) is 23.9 Å². The molecule has 0 aliphatic heterocycles. The van der Waals surface area contributed by atoms with E-state index in [1.807, 2.05) is 22.1 Å². The molecule has 0 atom stereocenters. The Hall–Kier alpha value is -1.88. The molecule has 1 N–H and O–H groups in total. The molecule has 2 aromatic rings. The molecule has 2 rings (SSSR count). The number of hydrogen-bond donors (Lipinski definition) is 1. The molecule has 0 radical (unpaired) electrons. The fourth-order valence-corrected chi connectivity index (χ4v) is 2.43. The van der Waals surface area contributed by atoms with Crippen molar-refractivity contribution in [3.8, 4) is 0 Å². The van der Waals surface area contributed by atoms with Gasteiger partial charge in [0.15, 0.2) is 0 Å². The maximum absolute atomic E-state index is 11.3. The molecule has 2 heterocycles. The topological polar surface area (TPSA) is 55.1 Å². The highest BCUT2D eigenvalue weighted by Gasteiger charge is 2.12. The molecule has 5 heteroatoms. The van der Waals surface area contributed by atoms with Gasteiger partial charge in [-0.25, -0.2) is 9.78 Å². The van der Waals surface area contributed by atoms with E-state index >= 15 is 0 Å². The van der Waals surface area contributed by atoms with Crippen LogP contribution in [0, 0.1) is 0 Å². The third-order valence-electron chi connectivity index (χ3n) is 2.52. The smallest absolute Gasteiger partial charge is 0.337 e. The number of imidazole rings is 1. The molecule has 0 aliphatic rings. The summed E-state index contributed by atoms with van der Waals surface area (Å²) < 4.78 is 1.95. The van der Waals surface area contributed by atoms with Crippen molar-refractivity contribution in [3.63, 3.8) is 0 Å². The highest BCUT2D eigenvalue weighted by atomic mass is 32.1. The lowest BCUT2D eigenvalue weighted by molar-refractivity contribution is -0.130. The Kier molecular flexibility index (Phi) is 3.94. The second kappa shape index (κ2) is 5.64. The molecule has 0 saturated heterocycles. The maximum Gasteiger partial charge on any atom is 0.337 e. The van der Waals surface area contributed by atoms with Crippen molar-refractivity contribution in [2.24, 2.45) is 0 Å². The third-order valence-corrected chi connectivity index (χ3v) is 3.42. The lowest BCUT2D eigenvalue weighted by Gasteiger charge is -2.04. The van der Waals surface area contributed by atoms with Gasteiger partial charge >= 0.3 is 5.97 Å². The molecular weight excluding hydrogens is 248 g/mol. The Morgan fingerprint density at radius 1 is 1.61 bits per heavy atom. The lowest BCUT2D eigenvalue weighted by atomic mass is 10.2. The molecule has 0 aromatic carbocycles. The van der Waals surface area contributed by atoms with Gasteiger partial charge in [-0.2, -0.15) is 0 Å². The fourth-order valence-electron chi connectivity index (χ4n) is 1.70. The van der Waals surface area contributed by atoms with E-state index < -0.39 is 5.97 Å². The van der Waals surface area contributed by atoms with E-state index in [9.17, 15) is 9.90 Å². The van der Waals surface area contributed by atoms with Crippen LogP contribution in [0.4, 0.5) is 0 Å². The summed E-state index contributed by atoms with van der Waals surface area (Å²) in [5.74, 6) is -0.915. The molecule has 0 amide bonds. The van der Waals surface area contributed by atoms with Gasteiger partial charge in [0.2, 0.25) is 0 Å². The summed E-state index contributed by atoms with van der Waals surface area (Å²) in [7, 11) is 0. The van der Waals surface area contributed by atoms with Crippen molar-refractivity contribution in [2.45, 2.75) is 19.9 Å². The van der Waals surface area contributed by atoms with E-state index in [2.05, 4.69) is 11.9 Å². The fraction of sp³-hybridized carbons (Fsp3) is 0.231. The highest BCUT2D eigenvalue weighted by Crippen LogP contribution is 2.23. The monoisotopic (exact) mass is 262 g/mol. The van der Waals surface area contributed by atoms with Crippen molar-refractivity contribution in [1.82, 2.24) is 9.55 Å². The second-order valence-electron chi connectivity index (χ2n) is 3.85. The zero-order valence-electron chi connectivity index (χ0n) is 10.0. The molecule has 18 heavy (non-hydrogen) atoms. The van der Waals surface area contributed by atoms with Crippen molar-refractivity contribution in [1.29, 1.82) is 0 Å². The van der Waals surface area contributed by atoms with Crippen molar-refractivity contribution < 1.29 is 9.90 Å². The minimum absolute atomic E-state index is 0.308. The van der Waals surface area contributed by atoms with Gasteiger partial charge in [0.25, 0.3) is 0 Å². The Morgan fingerprint density at radius 2 is 2.44 bits per heavy atom. The molecule has 0 unspecified atom stereocenters. The number of aliphatic carboxylic acids is 1. The van der Waals surface area contributed by atoms with Crippen molar-refractivity contribution in [2.75, 3.05) is 0 Å². The predicted molar refractivity (Wildman–Crippen MR) is 72.3 cm³/mol. The molecule has 0 fully saturated rings. The van der Waals surface area contributed by atoms with Crippen LogP contribution in [0.25, 0.3) is 11.6 Å². The van der Waals surface area contributed by atoms with E-state index in [4.69, 9.17) is 0 Å². The average Bonchev–Trinajstić information content (AvgIpc) is 2.97. The van der Waals surface area contributed by atoms with Gasteiger partial charge < -0.3 is 9.67 Å². The minimum Gasteiger partial charge on any atom is -0.478 e. The summed E-state index contributed by atoms with van der Waals surface area (Å²) in [4.78, 5) is 16.1. The summed E-state index contributed by atoms with van der Waals surface area (Å²) in [6, 6.07) is 3.66. The third kappa shape index (κ3) is 2.68. The normalized spacial score (nSPS) is 11.7. The Bertz CT molecular complexity index is 555. The van der Waals surface area contributed by atoms with Crippen LogP contribution in [0.5, 0.6) is 0 Å². The first-order valence-corrected chi connectivity index (χ1v) is 6.59. The maximum atomic E-state index is 11.3. The molecule has 0 saturated carbocycles. The Balaban J connectivity index is 2.39. The van der Waals surface area contributed by atoms with Gasteiger partial charge in [-0.3, -0.25) is 0 Å². The van der Waals surface area contributed by atoms with Crippen LogP contribution in [0.15, 0.2) is 30.0 Å². The van der Waals surface area contributed by atoms with Gasteiger partial charge in [0.1, 0.15) is 0 Å². The van der Waals surface area contributed by atoms with Crippen molar-refractivity contribution >= 4 is 29.0 Å². The lowest BCUT2D eigenvalue weighted by Crippen LogP contribution is -2.01. The molecule has 0 aliphatic carbocycles. The largest absolute Gasteiger partial charge is 0.478 e. The quantitative estimate of drug-likeness (QED) is 0.843. The molecule has 4 nitrogen and oxygen atoms in total. The molecular formula is C13H14N2O2S. The number of thiophene rings is 1. The standard InChI is InChI=1S/C13H14N2O2S/c1-2-5-15-9-14-8-10(15)7-11(13(16)17)12-4-3-6-18-12/h3-4,6-9H,2,5H2,1H3,(H,16,17). The van der Waals surface area contributed by atoms with Gasteiger partial charge in [-0.15, -0.1) is 11.3 Å². The number of hydrogen-bond acceptors (Lipinski definition) is 3. The van der Waals surface area contributed by atoms with Gasteiger partial charge in [-0.1, -0.05) is 13.0 Å². The summed E-state index contributed by atoms with van der Waals surface area (Å²) >= 11 is 1.42. The van der Waals surface area contributed by atoms with E-state index in [0.29, 0.717) is 5.57 Å². The zero-order valence-corrected chi connectivity index (χ0v) is 10.9. The van der Waals surface area contributed by atoms with Crippen LogP contribution in [0.1, 0.15) is 23.9 Å². The number of carbonyl (C=O) groups is 1. The van der Waals surface area contributed by atoms with E-state index in [0.717, 1.165) is 23.5 Å². The number of carboxylic acids is 1. The van der Waals surface area contributed by atoms with Crippen LogP contribution in [-0.4, -0.2) is 20.6 Å². The Labute approximate surface area is 109 Å². The van der Waals surface area contributed by atoms with E-state index in [1.165, 1.54) is 11.3 Å². The first kappa shape index (κ1) is 12.6. The molecule has 0 bridgehead atoms. The second-order valence-corrected chi connectivity index (χ2v) is 4.80. The van der Waals surface area contributed by atoms with Gasteiger partial charge in [0, 0.05) is 11.4 Å². The van der Waals surface area contributed by atoms with Gasteiger partial charge in [0.05, 0.1) is 23.8 Å². The molecule has 0 spiro atoms. The number of aryl methyl sites for hydroxylation is 1. The van der Waals surface area contributed by atoms with E-state index in [1.54, 1.807) is 18.6 Å². The molecule has 2 aromatic heterocycles. The first-order chi connectivity index (χ1) is 8.72. The number of nitrogens with zero attached hydrogens (tertiary/aromatic N) is 2. The summed E-state index contributed by atoms with van der Waals surface area (Å²) in [6.45, 7) is 2.91. The highest BCUT2D eigenvalue weighted by molar-refractivity contribution is 7.11. The minimum atomic E-state index is -0.915. The predicted octanol–water partition coefficient (Wildman–Crippen LogP) is 2.98. The number of aromatic nitrogens is 2.